The Morgan fingerprint density at radius 1 is 1.18 bits per heavy atom. The summed E-state index contributed by atoms with van der Waals surface area (Å²) in [7, 11) is 0. The van der Waals surface area contributed by atoms with Crippen molar-refractivity contribution in [2.45, 2.75) is 39.5 Å². The Balaban J connectivity index is 2.51. The zero-order chi connectivity index (χ0) is 8.10. The molecule has 0 nitrogen and oxygen atoms in total. The molecule has 0 radical (unpaired) electrons. The van der Waals surface area contributed by atoms with Crippen molar-refractivity contribution in [2.75, 3.05) is 0 Å². The maximum absolute atomic E-state index is 2.36. The summed E-state index contributed by atoms with van der Waals surface area (Å²) in [6.45, 7) is 4.47. The van der Waals surface area contributed by atoms with Crippen molar-refractivity contribution in [2.24, 2.45) is 0 Å². The van der Waals surface area contributed by atoms with Crippen LogP contribution in [0.3, 0.4) is 0 Å². The van der Waals surface area contributed by atoms with E-state index >= 15 is 0 Å². The highest BCUT2D eigenvalue weighted by Crippen LogP contribution is 2.17. The standard InChI is InChI=1S/C10H16S/c1-3-5-9-7-10(6-4-2)11-8-9/h7-8H,3-6H2,1-2H3. The molecule has 0 spiro atoms. The van der Waals surface area contributed by atoms with E-state index in [2.05, 4.69) is 25.3 Å². The quantitative estimate of drug-likeness (QED) is 0.643. The van der Waals surface area contributed by atoms with Crippen LogP contribution in [-0.4, -0.2) is 0 Å². The van der Waals surface area contributed by atoms with Gasteiger partial charge in [-0.15, -0.1) is 11.3 Å². The lowest BCUT2D eigenvalue weighted by atomic mass is 10.2. The second-order valence-corrected chi connectivity index (χ2v) is 3.92. The van der Waals surface area contributed by atoms with Gasteiger partial charge in [-0.25, -0.2) is 0 Å². The average Bonchev–Trinajstić information content (AvgIpc) is 2.38. The molecule has 0 bridgehead atoms. The van der Waals surface area contributed by atoms with Gasteiger partial charge >= 0.3 is 0 Å². The van der Waals surface area contributed by atoms with E-state index in [0.29, 0.717) is 0 Å². The normalized spacial score (nSPS) is 10.4. The third-order valence-electron chi connectivity index (χ3n) is 1.74. The van der Waals surface area contributed by atoms with Crippen molar-refractivity contribution in [3.05, 3.63) is 21.9 Å². The molecule has 1 rings (SSSR count). The van der Waals surface area contributed by atoms with E-state index in [4.69, 9.17) is 0 Å². The molecule has 62 valence electrons. The third kappa shape index (κ3) is 2.66. The number of rotatable bonds is 4. The topological polar surface area (TPSA) is 0 Å². The molecule has 1 aromatic heterocycles. The predicted octanol–water partition coefficient (Wildman–Crippen LogP) is 3.65. The van der Waals surface area contributed by atoms with E-state index in [1.165, 1.54) is 31.2 Å². The first kappa shape index (κ1) is 8.79. The third-order valence-corrected chi connectivity index (χ3v) is 2.79. The largest absolute Gasteiger partial charge is 0.149 e. The van der Waals surface area contributed by atoms with Crippen LogP contribution in [0.4, 0.5) is 0 Å². The summed E-state index contributed by atoms with van der Waals surface area (Å²) in [4.78, 5) is 1.55. The van der Waals surface area contributed by atoms with Crippen LogP contribution in [0, 0.1) is 0 Å². The number of thiophene rings is 1. The molecule has 1 aromatic rings. The lowest BCUT2D eigenvalue weighted by molar-refractivity contribution is 0.914. The van der Waals surface area contributed by atoms with Crippen LogP contribution >= 0.6 is 11.3 Å². The molecular formula is C10H16S. The molecule has 0 N–H and O–H groups in total. The molecule has 0 fully saturated rings. The molecule has 0 aliphatic carbocycles. The Bertz CT molecular complexity index is 180. The Labute approximate surface area is 73.3 Å². The van der Waals surface area contributed by atoms with Gasteiger partial charge in [0.2, 0.25) is 0 Å². The molecule has 0 atom stereocenters. The van der Waals surface area contributed by atoms with Crippen LogP contribution in [0.1, 0.15) is 37.1 Å². The summed E-state index contributed by atoms with van der Waals surface area (Å²) >= 11 is 1.91. The fraction of sp³-hybridized carbons (Fsp3) is 0.600. The lowest BCUT2D eigenvalue weighted by Gasteiger charge is -1.90. The fourth-order valence-corrected chi connectivity index (χ4v) is 2.25. The van der Waals surface area contributed by atoms with Crippen molar-refractivity contribution in [1.82, 2.24) is 0 Å². The molecule has 0 amide bonds. The van der Waals surface area contributed by atoms with Gasteiger partial charge in [0.1, 0.15) is 0 Å². The molecule has 0 aliphatic rings. The Hall–Kier alpha value is -0.300. The van der Waals surface area contributed by atoms with Crippen LogP contribution in [0.25, 0.3) is 0 Å². The SMILES string of the molecule is CCCc1csc(CCC)c1. The van der Waals surface area contributed by atoms with Gasteiger partial charge in [-0.2, -0.15) is 0 Å². The van der Waals surface area contributed by atoms with Gasteiger partial charge in [0.05, 0.1) is 0 Å². The van der Waals surface area contributed by atoms with Gasteiger partial charge in [0.25, 0.3) is 0 Å². The van der Waals surface area contributed by atoms with Crippen LogP contribution in [0.15, 0.2) is 11.4 Å². The molecule has 0 aliphatic heterocycles. The highest BCUT2D eigenvalue weighted by molar-refractivity contribution is 7.10. The zero-order valence-corrected chi connectivity index (χ0v) is 8.21. The maximum Gasteiger partial charge on any atom is 0.00479 e. The molecule has 0 saturated heterocycles. The number of hydrogen-bond acceptors (Lipinski definition) is 1. The van der Waals surface area contributed by atoms with E-state index in [0.717, 1.165) is 0 Å². The molecule has 1 heteroatoms. The molecule has 0 saturated carbocycles. The molecule has 11 heavy (non-hydrogen) atoms. The number of hydrogen-bond donors (Lipinski definition) is 0. The predicted molar refractivity (Wildman–Crippen MR) is 52.3 cm³/mol. The van der Waals surface area contributed by atoms with Crippen molar-refractivity contribution in [3.63, 3.8) is 0 Å². The first-order valence-corrected chi connectivity index (χ1v) is 5.31. The molecule has 1 heterocycles. The van der Waals surface area contributed by atoms with E-state index in [-0.39, 0.29) is 0 Å². The van der Waals surface area contributed by atoms with Crippen LogP contribution in [0.5, 0.6) is 0 Å². The van der Waals surface area contributed by atoms with Gasteiger partial charge in [-0.3, -0.25) is 0 Å². The first-order chi connectivity index (χ1) is 5.36. The Kier molecular flexibility index (Phi) is 3.64. The van der Waals surface area contributed by atoms with E-state index in [1.807, 2.05) is 11.3 Å². The summed E-state index contributed by atoms with van der Waals surface area (Å²) in [5.74, 6) is 0. The van der Waals surface area contributed by atoms with Crippen LogP contribution < -0.4 is 0 Å². The Morgan fingerprint density at radius 2 is 1.91 bits per heavy atom. The first-order valence-electron chi connectivity index (χ1n) is 4.43. The van der Waals surface area contributed by atoms with E-state index < -0.39 is 0 Å². The smallest absolute Gasteiger partial charge is 0.00479 e. The van der Waals surface area contributed by atoms with Crippen molar-refractivity contribution < 1.29 is 0 Å². The second kappa shape index (κ2) is 4.55. The minimum atomic E-state index is 1.25. The summed E-state index contributed by atoms with van der Waals surface area (Å²) in [6, 6.07) is 2.36. The average molecular weight is 168 g/mol. The van der Waals surface area contributed by atoms with Crippen molar-refractivity contribution in [3.8, 4) is 0 Å². The van der Waals surface area contributed by atoms with Gasteiger partial charge < -0.3 is 0 Å². The lowest BCUT2D eigenvalue weighted by Crippen LogP contribution is -1.77. The van der Waals surface area contributed by atoms with Gasteiger partial charge in [0.15, 0.2) is 0 Å². The van der Waals surface area contributed by atoms with Crippen LogP contribution in [0.2, 0.25) is 0 Å². The minimum Gasteiger partial charge on any atom is -0.149 e. The molecular weight excluding hydrogens is 152 g/mol. The van der Waals surface area contributed by atoms with Crippen LogP contribution in [-0.2, 0) is 12.8 Å². The summed E-state index contributed by atoms with van der Waals surface area (Å²) < 4.78 is 0. The van der Waals surface area contributed by atoms with Gasteiger partial charge in [-0.05, 0) is 29.9 Å². The summed E-state index contributed by atoms with van der Waals surface area (Å²) in [6.07, 6.45) is 5.04. The monoisotopic (exact) mass is 168 g/mol. The minimum absolute atomic E-state index is 1.25. The highest BCUT2D eigenvalue weighted by Gasteiger charge is 1.96. The highest BCUT2D eigenvalue weighted by atomic mass is 32.1. The summed E-state index contributed by atoms with van der Waals surface area (Å²) in [5.41, 5.74) is 1.53. The molecule has 0 aromatic carbocycles. The van der Waals surface area contributed by atoms with E-state index in [1.54, 1.807) is 4.88 Å². The maximum atomic E-state index is 2.36. The second-order valence-electron chi connectivity index (χ2n) is 2.92. The zero-order valence-electron chi connectivity index (χ0n) is 7.39. The van der Waals surface area contributed by atoms with E-state index in [9.17, 15) is 0 Å². The number of aryl methyl sites for hydroxylation is 2. The van der Waals surface area contributed by atoms with Gasteiger partial charge in [0, 0.05) is 4.88 Å². The Morgan fingerprint density at radius 3 is 2.55 bits per heavy atom. The van der Waals surface area contributed by atoms with Crippen molar-refractivity contribution >= 4 is 11.3 Å². The molecule has 0 unspecified atom stereocenters. The fourth-order valence-electron chi connectivity index (χ4n) is 1.22. The van der Waals surface area contributed by atoms with Gasteiger partial charge in [-0.1, -0.05) is 26.7 Å². The van der Waals surface area contributed by atoms with Crippen molar-refractivity contribution in [1.29, 1.82) is 0 Å². The summed E-state index contributed by atoms with van der Waals surface area (Å²) in [5, 5.41) is 2.30.